The van der Waals surface area contributed by atoms with Crippen molar-refractivity contribution in [1.82, 2.24) is 19.7 Å². The summed E-state index contributed by atoms with van der Waals surface area (Å²) in [7, 11) is 0. The highest BCUT2D eigenvalue weighted by atomic mass is 16.2. The van der Waals surface area contributed by atoms with Gasteiger partial charge in [0.2, 0.25) is 5.91 Å². The summed E-state index contributed by atoms with van der Waals surface area (Å²) in [5.41, 5.74) is 6.13. The Balaban J connectivity index is 2.03. The fourth-order valence-corrected chi connectivity index (χ4v) is 1.38. The molecule has 7 heteroatoms. The van der Waals surface area contributed by atoms with E-state index in [1.807, 2.05) is 0 Å². The molecule has 0 aliphatic carbocycles. The first-order valence-electron chi connectivity index (χ1n) is 5.51. The normalized spacial score (nSPS) is 11.6. The van der Waals surface area contributed by atoms with E-state index in [0.29, 0.717) is 11.5 Å². The number of carbonyl (C=O) groups excluding carboxylic acids is 1. The molecule has 0 saturated heterocycles. The van der Waals surface area contributed by atoms with Crippen molar-refractivity contribution in [3.8, 4) is 18.2 Å². The molecule has 1 amide bonds. The number of rotatable bonds is 4. The monoisotopic (exact) mass is 256 g/mol. The quantitative estimate of drug-likeness (QED) is 0.747. The number of terminal acetylenes is 1. The lowest BCUT2D eigenvalue weighted by Gasteiger charge is -2.09. The molecular weight excluding hydrogens is 244 g/mol. The molecule has 2 rings (SSSR count). The summed E-state index contributed by atoms with van der Waals surface area (Å²) in [6.07, 6.45) is 9.74. The second-order valence-corrected chi connectivity index (χ2v) is 3.75. The molecule has 0 radical (unpaired) electrons. The SMILES string of the molecule is C#CCC(N)C(=O)Nc1ccc(-n2cncn2)nc1. The zero-order valence-corrected chi connectivity index (χ0v) is 10.0. The van der Waals surface area contributed by atoms with Gasteiger partial charge in [-0.2, -0.15) is 5.10 Å². The van der Waals surface area contributed by atoms with Gasteiger partial charge in [-0.1, -0.05) is 0 Å². The number of anilines is 1. The third-order valence-corrected chi connectivity index (χ3v) is 2.34. The molecule has 0 fully saturated rings. The molecule has 2 aromatic rings. The highest BCUT2D eigenvalue weighted by Crippen LogP contribution is 2.09. The van der Waals surface area contributed by atoms with Crippen LogP contribution in [0, 0.1) is 12.3 Å². The van der Waals surface area contributed by atoms with Gasteiger partial charge in [0.05, 0.1) is 17.9 Å². The number of pyridine rings is 1. The van der Waals surface area contributed by atoms with Crippen molar-refractivity contribution in [2.75, 3.05) is 5.32 Å². The number of hydrogen-bond acceptors (Lipinski definition) is 5. The second kappa shape index (κ2) is 5.75. The molecule has 0 bridgehead atoms. The minimum Gasteiger partial charge on any atom is -0.323 e. The smallest absolute Gasteiger partial charge is 0.242 e. The van der Waals surface area contributed by atoms with Gasteiger partial charge in [0.15, 0.2) is 5.82 Å². The standard InChI is InChI=1S/C12H12N6O/c1-2-3-10(13)12(19)17-9-4-5-11(15-6-9)18-8-14-7-16-18/h1,4-8,10H,3,13H2,(H,17,19). The lowest BCUT2D eigenvalue weighted by atomic mass is 10.2. The Labute approximate surface area is 109 Å². The summed E-state index contributed by atoms with van der Waals surface area (Å²) in [4.78, 5) is 19.6. The van der Waals surface area contributed by atoms with E-state index in [2.05, 4.69) is 26.3 Å². The number of amides is 1. The van der Waals surface area contributed by atoms with E-state index in [1.165, 1.54) is 23.5 Å². The Morgan fingerprint density at radius 3 is 3.00 bits per heavy atom. The molecule has 7 nitrogen and oxygen atoms in total. The van der Waals surface area contributed by atoms with Crippen molar-refractivity contribution >= 4 is 11.6 Å². The third kappa shape index (κ3) is 3.14. The van der Waals surface area contributed by atoms with Gasteiger partial charge in [-0.15, -0.1) is 12.3 Å². The topological polar surface area (TPSA) is 98.7 Å². The van der Waals surface area contributed by atoms with Crippen LogP contribution < -0.4 is 11.1 Å². The van der Waals surface area contributed by atoms with Gasteiger partial charge >= 0.3 is 0 Å². The van der Waals surface area contributed by atoms with Crippen LogP contribution in [0.4, 0.5) is 5.69 Å². The van der Waals surface area contributed by atoms with Crippen molar-refractivity contribution in [3.63, 3.8) is 0 Å². The molecule has 2 aromatic heterocycles. The molecule has 3 N–H and O–H groups in total. The van der Waals surface area contributed by atoms with E-state index in [4.69, 9.17) is 12.2 Å². The van der Waals surface area contributed by atoms with Gasteiger partial charge in [0.25, 0.3) is 0 Å². The van der Waals surface area contributed by atoms with E-state index in [9.17, 15) is 4.79 Å². The summed E-state index contributed by atoms with van der Waals surface area (Å²) < 4.78 is 1.51. The van der Waals surface area contributed by atoms with Crippen LogP contribution >= 0.6 is 0 Å². The van der Waals surface area contributed by atoms with E-state index in [-0.39, 0.29) is 12.3 Å². The van der Waals surface area contributed by atoms with Crippen molar-refractivity contribution in [1.29, 1.82) is 0 Å². The van der Waals surface area contributed by atoms with Crippen molar-refractivity contribution < 1.29 is 4.79 Å². The molecule has 1 atom stereocenters. The van der Waals surface area contributed by atoms with Crippen LogP contribution in [0.1, 0.15) is 6.42 Å². The van der Waals surface area contributed by atoms with Crippen LogP contribution in [-0.2, 0) is 4.79 Å². The second-order valence-electron chi connectivity index (χ2n) is 3.75. The van der Waals surface area contributed by atoms with Crippen LogP contribution in [-0.4, -0.2) is 31.7 Å². The largest absolute Gasteiger partial charge is 0.323 e. The summed E-state index contributed by atoms with van der Waals surface area (Å²) in [5, 5.41) is 6.57. The van der Waals surface area contributed by atoms with Crippen LogP contribution in [0.5, 0.6) is 0 Å². The number of carbonyl (C=O) groups is 1. The molecule has 0 aromatic carbocycles. The molecule has 19 heavy (non-hydrogen) atoms. The molecule has 1 unspecified atom stereocenters. The van der Waals surface area contributed by atoms with E-state index in [0.717, 1.165) is 0 Å². The molecule has 0 aliphatic rings. The first-order chi connectivity index (χ1) is 9.20. The van der Waals surface area contributed by atoms with Crippen molar-refractivity contribution in [2.45, 2.75) is 12.5 Å². The van der Waals surface area contributed by atoms with E-state index >= 15 is 0 Å². The molecule has 2 heterocycles. The van der Waals surface area contributed by atoms with Gasteiger partial charge in [-0.25, -0.2) is 14.6 Å². The minimum atomic E-state index is -0.722. The van der Waals surface area contributed by atoms with Crippen LogP contribution in [0.25, 0.3) is 5.82 Å². The lowest BCUT2D eigenvalue weighted by Crippen LogP contribution is -2.35. The summed E-state index contributed by atoms with van der Waals surface area (Å²) in [6.45, 7) is 0. The van der Waals surface area contributed by atoms with Crippen molar-refractivity contribution in [2.24, 2.45) is 5.73 Å². The van der Waals surface area contributed by atoms with Crippen LogP contribution in [0.15, 0.2) is 31.0 Å². The number of hydrogen-bond donors (Lipinski definition) is 2. The molecule has 0 saturated carbocycles. The number of nitrogens with zero attached hydrogens (tertiary/aromatic N) is 4. The number of nitrogens with two attached hydrogens (primary N) is 1. The fraction of sp³-hybridized carbons (Fsp3) is 0.167. The Kier molecular flexibility index (Phi) is 3.85. The Bertz CT molecular complexity index is 584. The summed E-state index contributed by atoms with van der Waals surface area (Å²) >= 11 is 0. The minimum absolute atomic E-state index is 0.191. The Hall–Kier alpha value is -2.72. The third-order valence-electron chi connectivity index (χ3n) is 2.34. The van der Waals surface area contributed by atoms with Gasteiger partial charge in [-0.05, 0) is 12.1 Å². The number of nitrogens with one attached hydrogen (secondary N) is 1. The van der Waals surface area contributed by atoms with Gasteiger partial charge in [0, 0.05) is 6.42 Å². The zero-order chi connectivity index (χ0) is 13.7. The predicted molar refractivity (Wildman–Crippen MR) is 69.2 cm³/mol. The predicted octanol–water partition coefficient (Wildman–Crippen LogP) is -0.0486. The van der Waals surface area contributed by atoms with Gasteiger partial charge < -0.3 is 11.1 Å². The molecule has 0 spiro atoms. The molecule has 0 aliphatic heterocycles. The maximum atomic E-state index is 11.6. The van der Waals surface area contributed by atoms with Crippen molar-refractivity contribution in [3.05, 3.63) is 31.0 Å². The Morgan fingerprint density at radius 2 is 2.42 bits per heavy atom. The van der Waals surface area contributed by atoms with E-state index < -0.39 is 6.04 Å². The number of aromatic nitrogens is 4. The highest BCUT2D eigenvalue weighted by molar-refractivity contribution is 5.94. The maximum absolute atomic E-state index is 11.6. The highest BCUT2D eigenvalue weighted by Gasteiger charge is 2.12. The Morgan fingerprint density at radius 1 is 1.58 bits per heavy atom. The zero-order valence-electron chi connectivity index (χ0n) is 10.0. The maximum Gasteiger partial charge on any atom is 0.242 e. The van der Waals surface area contributed by atoms with E-state index in [1.54, 1.807) is 12.1 Å². The first kappa shape index (κ1) is 12.7. The fourth-order valence-electron chi connectivity index (χ4n) is 1.38. The summed E-state index contributed by atoms with van der Waals surface area (Å²) in [5.74, 6) is 2.60. The van der Waals surface area contributed by atoms with Crippen LogP contribution in [0.3, 0.4) is 0 Å². The van der Waals surface area contributed by atoms with Gasteiger partial charge in [-0.3, -0.25) is 4.79 Å². The average Bonchev–Trinajstić information content (AvgIpc) is 2.94. The molecule has 96 valence electrons. The summed E-state index contributed by atoms with van der Waals surface area (Å²) in [6, 6.07) is 2.68. The van der Waals surface area contributed by atoms with Gasteiger partial charge in [0.1, 0.15) is 12.7 Å². The average molecular weight is 256 g/mol. The lowest BCUT2D eigenvalue weighted by molar-refractivity contribution is -0.117. The molecular formula is C12H12N6O. The van der Waals surface area contributed by atoms with Crippen LogP contribution in [0.2, 0.25) is 0 Å². The first-order valence-corrected chi connectivity index (χ1v) is 5.51.